The van der Waals surface area contributed by atoms with Crippen molar-refractivity contribution >= 4 is 36.9 Å². The number of ketones is 1. The van der Waals surface area contributed by atoms with Crippen molar-refractivity contribution in [2.45, 2.75) is 0 Å². The number of carbonyl (C=O) groups is 2. The van der Waals surface area contributed by atoms with Crippen molar-refractivity contribution < 1.29 is 12.4 Å². The zero-order chi connectivity index (χ0) is 8.97. The predicted molar refractivity (Wildman–Crippen MR) is 45.4 cm³/mol. The van der Waals surface area contributed by atoms with Gasteiger partial charge in [-0.1, -0.05) is 0 Å². The molecule has 0 N–H and O–H groups in total. The van der Waals surface area contributed by atoms with Crippen LogP contribution in [0.3, 0.4) is 0 Å². The third-order valence-corrected chi connectivity index (χ3v) is 2.16. The molecule has 1 aromatic carbocycles. The second-order valence-corrected chi connectivity index (χ2v) is 3.02. The second kappa shape index (κ2) is 4.31. The normalized spacial score (nSPS) is 9.08. The van der Waals surface area contributed by atoms with Gasteiger partial charge in [0, 0.05) is 0 Å². The van der Waals surface area contributed by atoms with Crippen molar-refractivity contribution in [3.05, 3.63) is 35.9 Å². The monoisotopic (exact) mass is 360 g/mol. The minimum atomic E-state index is -0.758. The average molecular weight is 360 g/mol. The van der Waals surface area contributed by atoms with Gasteiger partial charge in [-0.25, -0.2) is 0 Å². The van der Waals surface area contributed by atoms with Crippen molar-refractivity contribution in [2.75, 3.05) is 0 Å². The molecule has 0 aliphatic rings. The Morgan fingerprint density at radius 1 is 1.17 bits per heavy atom. The Morgan fingerprint density at radius 2 is 1.75 bits per heavy atom. The topological polar surface area (TPSA) is 43.4 Å². The van der Waals surface area contributed by atoms with Crippen molar-refractivity contribution in [1.29, 1.82) is 0 Å². The molecule has 0 aliphatic heterocycles. The molecular formula is C8H7BiO3. The summed E-state index contributed by atoms with van der Waals surface area (Å²) in [5.74, 6) is -1.33. The van der Waals surface area contributed by atoms with Crippen LogP contribution in [0.25, 0.3) is 0 Å². The molecule has 0 spiro atoms. The molecule has 0 saturated heterocycles. The molecular weight excluding hydrogens is 353 g/mol. The van der Waals surface area contributed by atoms with Gasteiger partial charge in [0.15, 0.2) is 0 Å². The first kappa shape index (κ1) is 9.33. The number of hydrogen-bond donors (Lipinski definition) is 0. The summed E-state index contributed by atoms with van der Waals surface area (Å²) in [4.78, 5) is 21.9. The Morgan fingerprint density at radius 3 is 2.25 bits per heavy atom. The van der Waals surface area contributed by atoms with Crippen LogP contribution in [0.2, 0.25) is 0 Å². The van der Waals surface area contributed by atoms with Gasteiger partial charge in [0.1, 0.15) is 0 Å². The maximum absolute atomic E-state index is 11.1. The predicted octanol–water partition coefficient (Wildman–Crippen LogP) is -0.0394. The molecule has 0 aromatic heterocycles. The van der Waals surface area contributed by atoms with E-state index >= 15 is 0 Å². The number of benzene rings is 1. The van der Waals surface area contributed by atoms with Gasteiger partial charge in [0.05, 0.1) is 0 Å². The van der Waals surface area contributed by atoms with E-state index in [-0.39, 0.29) is 25.2 Å². The van der Waals surface area contributed by atoms with E-state index in [0.717, 1.165) is 0 Å². The molecule has 0 radical (unpaired) electrons. The van der Waals surface area contributed by atoms with Gasteiger partial charge >= 0.3 is 85.2 Å². The van der Waals surface area contributed by atoms with Gasteiger partial charge in [-0.2, -0.15) is 0 Å². The number of rotatable bonds is 2. The third kappa shape index (κ3) is 2.11. The Kier molecular flexibility index (Phi) is 3.35. The summed E-state index contributed by atoms with van der Waals surface area (Å²) in [5.41, 5.74) is 0.378. The molecule has 1 rings (SSSR count). The van der Waals surface area contributed by atoms with Gasteiger partial charge in [-0.15, -0.1) is 0 Å². The van der Waals surface area contributed by atoms with Gasteiger partial charge in [0.25, 0.3) is 0 Å². The van der Waals surface area contributed by atoms with E-state index in [0.29, 0.717) is 5.56 Å². The zero-order valence-electron chi connectivity index (χ0n) is 6.19. The molecule has 0 fully saturated rings. The zero-order valence-corrected chi connectivity index (χ0v) is 10.7. The Balaban J connectivity index is 2.86. The van der Waals surface area contributed by atoms with Crippen LogP contribution in [-0.4, -0.2) is 36.9 Å². The van der Waals surface area contributed by atoms with Crippen LogP contribution in [0.5, 0.6) is 0 Å². The van der Waals surface area contributed by atoms with Crippen LogP contribution in [-0.2, 0) is 7.61 Å². The summed E-state index contributed by atoms with van der Waals surface area (Å²) in [7, 11) is 0. The quantitative estimate of drug-likeness (QED) is 0.423. The average Bonchev–Trinajstić information content (AvgIpc) is 2.17. The van der Waals surface area contributed by atoms with Gasteiger partial charge in [-0.05, 0) is 0 Å². The fourth-order valence-electron chi connectivity index (χ4n) is 0.761. The summed E-state index contributed by atoms with van der Waals surface area (Å²) in [5, 5.41) is 0. The van der Waals surface area contributed by atoms with Gasteiger partial charge in [-0.3, -0.25) is 0 Å². The van der Waals surface area contributed by atoms with Gasteiger partial charge in [0.2, 0.25) is 0 Å². The van der Waals surface area contributed by atoms with Crippen molar-refractivity contribution in [3.8, 4) is 0 Å². The van der Waals surface area contributed by atoms with Crippen LogP contribution in [0.15, 0.2) is 30.3 Å². The van der Waals surface area contributed by atoms with E-state index in [2.05, 4.69) is 2.81 Å². The third-order valence-electron chi connectivity index (χ3n) is 1.33. The number of hydrogen-bond acceptors (Lipinski definition) is 3. The molecule has 0 heterocycles. The molecule has 1 aromatic rings. The summed E-state index contributed by atoms with van der Waals surface area (Å²) in [6.45, 7) is 0. The Hall–Kier alpha value is -0.757. The summed E-state index contributed by atoms with van der Waals surface area (Å²) >= 11 is 0.0650. The standard InChI is InChI=1S/C8H6O3.Bi.2H/c9-7(8(10)11)6-4-2-1-3-5-6;;;/h1-5H,(H,10,11);;;/q;+1;;/p-1. The molecule has 0 aliphatic carbocycles. The van der Waals surface area contributed by atoms with Crippen LogP contribution < -0.4 is 0 Å². The molecule has 0 unspecified atom stereocenters. The second-order valence-electron chi connectivity index (χ2n) is 2.10. The maximum atomic E-state index is 11.1. The van der Waals surface area contributed by atoms with Crippen molar-refractivity contribution in [1.82, 2.24) is 0 Å². The SMILES string of the molecule is O=C([O][BiH2])C(=O)c1ccccc1. The molecule has 3 nitrogen and oxygen atoms in total. The Bertz CT molecular complexity index is 294. The fraction of sp³-hybridized carbons (Fsp3) is 0. The fourth-order valence-corrected chi connectivity index (χ4v) is 1.18. The van der Waals surface area contributed by atoms with Crippen LogP contribution in [0, 0.1) is 0 Å². The van der Waals surface area contributed by atoms with Crippen LogP contribution >= 0.6 is 0 Å². The van der Waals surface area contributed by atoms with E-state index in [1.165, 1.54) is 0 Å². The number of carbonyl (C=O) groups excluding carboxylic acids is 2. The first-order chi connectivity index (χ1) is 5.75. The molecule has 0 amide bonds. The van der Waals surface area contributed by atoms with E-state index in [1.54, 1.807) is 30.3 Å². The first-order valence-electron chi connectivity index (χ1n) is 3.26. The molecule has 0 atom stereocenters. The van der Waals surface area contributed by atoms with E-state index in [9.17, 15) is 9.59 Å². The van der Waals surface area contributed by atoms with Crippen molar-refractivity contribution in [2.24, 2.45) is 0 Å². The van der Waals surface area contributed by atoms with E-state index in [4.69, 9.17) is 0 Å². The summed E-state index contributed by atoms with van der Waals surface area (Å²) in [6, 6.07) is 8.37. The molecule has 0 bridgehead atoms. The van der Waals surface area contributed by atoms with Gasteiger partial charge < -0.3 is 0 Å². The van der Waals surface area contributed by atoms with Crippen molar-refractivity contribution in [3.63, 3.8) is 0 Å². The summed E-state index contributed by atoms with van der Waals surface area (Å²) < 4.78 is 4.44. The first-order valence-corrected chi connectivity index (χ1v) is 5.09. The summed E-state index contributed by atoms with van der Waals surface area (Å²) in [6.07, 6.45) is 0. The Labute approximate surface area is 85.2 Å². The molecule has 62 valence electrons. The van der Waals surface area contributed by atoms with Crippen LogP contribution in [0.4, 0.5) is 0 Å². The number of Topliss-reactive ketones (excluding diaryl/α,β-unsaturated/α-hetero) is 1. The van der Waals surface area contributed by atoms with E-state index in [1.807, 2.05) is 0 Å². The molecule has 0 saturated carbocycles. The molecule has 12 heavy (non-hydrogen) atoms. The minimum absolute atomic E-state index is 0.0650. The van der Waals surface area contributed by atoms with E-state index < -0.39 is 11.8 Å². The van der Waals surface area contributed by atoms with Crippen LogP contribution in [0.1, 0.15) is 10.4 Å². The molecule has 4 heteroatoms.